The number of hydrogen-bond donors (Lipinski definition) is 0. The van der Waals surface area contributed by atoms with Crippen LogP contribution in [0.1, 0.15) is 17.5 Å². The number of aldehydes is 1. The highest BCUT2D eigenvalue weighted by Gasteiger charge is 1.95. The molecule has 9 heavy (non-hydrogen) atoms. The first-order valence-corrected chi connectivity index (χ1v) is 2.59. The second-order valence-corrected chi connectivity index (χ2v) is 1.45. The molecule has 0 aliphatic rings. The van der Waals surface area contributed by atoms with Crippen LogP contribution in [0.3, 0.4) is 0 Å². The number of aryl methyl sites for hydroxylation is 1. The Balaban J connectivity index is 2.86. The van der Waals surface area contributed by atoms with E-state index in [1.165, 1.54) is 4.80 Å². The van der Waals surface area contributed by atoms with Crippen molar-refractivity contribution in [3.63, 3.8) is 0 Å². The second-order valence-electron chi connectivity index (χ2n) is 1.45. The van der Waals surface area contributed by atoms with Crippen LogP contribution in [0.4, 0.5) is 0 Å². The first-order valence-electron chi connectivity index (χ1n) is 2.59. The number of hydrogen-bond acceptors (Lipinski definition) is 4. The van der Waals surface area contributed by atoms with Crippen LogP contribution in [-0.4, -0.2) is 26.5 Å². The molecular weight excluding hydrogens is 120 g/mol. The standard InChI is InChI=1S/C4H6N4O/c1-2-8-6-4(3-9)5-7-8/h3H,2H2,1H3. The van der Waals surface area contributed by atoms with Crippen LogP contribution >= 0.6 is 0 Å². The van der Waals surface area contributed by atoms with E-state index in [2.05, 4.69) is 15.4 Å². The van der Waals surface area contributed by atoms with E-state index in [0.717, 1.165) is 0 Å². The number of nitrogens with zero attached hydrogens (tertiary/aromatic N) is 4. The fourth-order valence-electron chi connectivity index (χ4n) is 0.437. The lowest BCUT2D eigenvalue weighted by molar-refractivity contribution is 0.111. The second kappa shape index (κ2) is 2.34. The molecule has 48 valence electrons. The van der Waals surface area contributed by atoms with Crippen molar-refractivity contribution in [2.45, 2.75) is 13.5 Å². The zero-order chi connectivity index (χ0) is 6.69. The Hall–Kier alpha value is -1.26. The minimum atomic E-state index is 0.136. The molecule has 0 atom stereocenters. The van der Waals surface area contributed by atoms with Gasteiger partial charge < -0.3 is 0 Å². The molecule has 1 heterocycles. The lowest BCUT2D eigenvalue weighted by Crippen LogP contribution is -1.98. The van der Waals surface area contributed by atoms with Gasteiger partial charge in [-0.2, -0.15) is 4.80 Å². The maximum atomic E-state index is 9.96. The molecule has 0 spiro atoms. The number of rotatable bonds is 2. The summed E-state index contributed by atoms with van der Waals surface area (Å²) in [6, 6.07) is 0. The molecule has 1 aromatic heterocycles. The smallest absolute Gasteiger partial charge is 0.237 e. The Morgan fingerprint density at radius 3 is 2.89 bits per heavy atom. The van der Waals surface area contributed by atoms with E-state index < -0.39 is 0 Å². The Labute approximate surface area is 51.7 Å². The van der Waals surface area contributed by atoms with Gasteiger partial charge in [-0.1, -0.05) is 0 Å². The molecular formula is C4H6N4O. The third-order valence-electron chi connectivity index (χ3n) is 0.857. The maximum absolute atomic E-state index is 9.96. The first kappa shape index (κ1) is 5.87. The normalized spacial score (nSPS) is 9.44. The molecule has 1 rings (SSSR count). The lowest BCUT2D eigenvalue weighted by atomic mass is 10.7. The summed E-state index contributed by atoms with van der Waals surface area (Å²) in [7, 11) is 0. The van der Waals surface area contributed by atoms with E-state index >= 15 is 0 Å². The monoisotopic (exact) mass is 126 g/mol. The molecule has 5 heteroatoms. The first-order chi connectivity index (χ1) is 4.36. The fourth-order valence-corrected chi connectivity index (χ4v) is 0.437. The largest absolute Gasteiger partial charge is 0.294 e. The van der Waals surface area contributed by atoms with Gasteiger partial charge in [0.15, 0.2) is 6.29 Å². The molecule has 0 saturated carbocycles. The molecule has 0 unspecified atom stereocenters. The molecule has 0 saturated heterocycles. The number of carbonyl (C=O) groups is 1. The van der Waals surface area contributed by atoms with E-state index in [0.29, 0.717) is 12.8 Å². The molecule has 0 amide bonds. The van der Waals surface area contributed by atoms with Crippen LogP contribution in [0.5, 0.6) is 0 Å². The molecule has 0 aromatic carbocycles. The number of tetrazole rings is 1. The predicted octanol–water partition coefficient (Wildman–Crippen LogP) is -0.495. The van der Waals surface area contributed by atoms with Crippen molar-refractivity contribution in [3.05, 3.63) is 5.82 Å². The van der Waals surface area contributed by atoms with Crippen LogP contribution in [-0.2, 0) is 6.54 Å². The van der Waals surface area contributed by atoms with Gasteiger partial charge in [-0.25, -0.2) is 0 Å². The average Bonchev–Trinajstić information content (AvgIpc) is 2.34. The van der Waals surface area contributed by atoms with Crippen molar-refractivity contribution >= 4 is 6.29 Å². The maximum Gasteiger partial charge on any atom is 0.237 e. The van der Waals surface area contributed by atoms with E-state index in [4.69, 9.17) is 0 Å². The van der Waals surface area contributed by atoms with E-state index in [1.54, 1.807) is 0 Å². The molecule has 0 aliphatic heterocycles. The van der Waals surface area contributed by atoms with Gasteiger partial charge in [-0.15, -0.1) is 10.2 Å². The van der Waals surface area contributed by atoms with Gasteiger partial charge >= 0.3 is 0 Å². The topological polar surface area (TPSA) is 60.7 Å². The zero-order valence-electron chi connectivity index (χ0n) is 4.98. The third kappa shape index (κ3) is 1.10. The van der Waals surface area contributed by atoms with Gasteiger partial charge in [0.2, 0.25) is 5.82 Å². The van der Waals surface area contributed by atoms with Crippen molar-refractivity contribution in [3.8, 4) is 0 Å². The van der Waals surface area contributed by atoms with Crippen LogP contribution < -0.4 is 0 Å². The summed E-state index contributed by atoms with van der Waals surface area (Å²) in [5.74, 6) is 0.136. The van der Waals surface area contributed by atoms with Gasteiger partial charge in [0.05, 0.1) is 6.54 Å². The summed E-state index contributed by atoms with van der Waals surface area (Å²) in [6.45, 7) is 2.51. The Morgan fingerprint density at radius 1 is 1.78 bits per heavy atom. The van der Waals surface area contributed by atoms with Gasteiger partial charge in [0.1, 0.15) is 0 Å². The highest BCUT2D eigenvalue weighted by Crippen LogP contribution is 1.78. The summed E-state index contributed by atoms with van der Waals surface area (Å²) < 4.78 is 0. The molecule has 0 N–H and O–H groups in total. The minimum absolute atomic E-state index is 0.136. The van der Waals surface area contributed by atoms with E-state index in [1.807, 2.05) is 6.92 Å². The van der Waals surface area contributed by atoms with Crippen LogP contribution in [0.2, 0.25) is 0 Å². The fraction of sp³-hybridized carbons (Fsp3) is 0.500. The SMILES string of the molecule is CCn1nnc(C=O)n1. The van der Waals surface area contributed by atoms with Crippen molar-refractivity contribution in [1.29, 1.82) is 0 Å². The Bertz CT molecular complexity index is 206. The third-order valence-corrected chi connectivity index (χ3v) is 0.857. The molecule has 5 nitrogen and oxygen atoms in total. The van der Waals surface area contributed by atoms with Gasteiger partial charge in [0, 0.05) is 0 Å². The van der Waals surface area contributed by atoms with Gasteiger partial charge in [-0.3, -0.25) is 4.79 Å². The van der Waals surface area contributed by atoms with E-state index in [9.17, 15) is 4.79 Å². The van der Waals surface area contributed by atoms with Crippen LogP contribution in [0.25, 0.3) is 0 Å². The highest BCUT2D eigenvalue weighted by atomic mass is 16.1. The average molecular weight is 126 g/mol. The zero-order valence-corrected chi connectivity index (χ0v) is 4.98. The molecule has 0 bridgehead atoms. The number of aromatic nitrogens is 4. The van der Waals surface area contributed by atoms with Crippen LogP contribution in [0, 0.1) is 0 Å². The molecule has 0 fully saturated rings. The van der Waals surface area contributed by atoms with Crippen molar-refractivity contribution < 1.29 is 4.79 Å². The predicted molar refractivity (Wildman–Crippen MR) is 28.9 cm³/mol. The lowest BCUT2D eigenvalue weighted by Gasteiger charge is -1.83. The number of carbonyl (C=O) groups excluding carboxylic acids is 1. The molecule has 0 radical (unpaired) electrons. The van der Waals surface area contributed by atoms with Crippen molar-refractivity contribution in [2.75, 3.05) is 0 Å². The summed E-state index contributed by atoms with van der Waals surface area (Å²) in [6.07, 6.45) is 0.569. The van der Waals surface area contributed by atoms with E-state index in [-0.39, 0.29) is 5.82 Å². The summed E-state index contributed by atoms with van der Waals surface area (Å²) in [4.78, 5) is 11.3. The van der Waals surface area contributed by atoms with Crippen molar-refractivity contribution in [1.82, 2.24) is 20.2 Å². The summed E-state index contributed by atoms with van der Waals surface area (Å²) in [5, 5.41) is 10.6. The summed E-state index contributed by atoms with van der Waals surface area (Å²) >= 11 is 0. The quantitative estimate of drug-likeness (QED) is 0.501. The highest BCUT2D eigenvalue weighted by molar-refractivity contribution is 5.67. The molecule has 1 aromatic rings. The van der Waals surface area contributed by atoms with Crippen LogP contribution in [0.15, 0.2) is 0 Å². The van der Waals surface area contributed by atoms with Gasteiger partial charge in [-0.05, 0) is 12.1 Å². The van der Waals surface area contributed by atoms with Gasteiger partial charge in [0.25, 0.3) is 0 Å². The summed E-state index contributed by atoms with van der Waals surface area (Å²) in [5.41, 5.74) is 0. The Morgan fingerprint density at radius 2 is 2.56 bits per heavy atom. The minimum Gasteiger partial charge on any atom is -0.294 e. The van der Waals surface area contributed by atoms with Crippen molar-refractivity contribution in [2.24, 2.45) is 0 Å². The Kier molecular flexibility index (Phi) is 1.53. The molecule has 0 aliphatic carbocycles.